The lowest BCUT2D eigenvalue weighted by molar-refractivity contribution is -0.177. The highest BCUT2D eigenvalue weighted by Gasteiger charge is 2.31. The fourth-order valence-electron chi connectivity index (χ4n) is 1.86. The third kappa shape index (κ3) is 5.82. The molecule has 0 saturated carbocycles. The number of rotatable bonds is 6. The van der Waals surface area contributed by atoms with Crippen molar-refractivity contribution in [2.45, 2.75) is 38.6 Å². The highest BCUT2D eigenvalue weighted by molar-refractivity contribution is 5.75. The maximum atomic E-state index is 11.8. The Balaban J connectivity index is 2.70. The zero-order valence-electron chi connectivity index (χ0n) is 13.1. The Morgan fingerprint density at radius 2 is 1.86 bits per heavy atom. The average molecular weight is 315 g/mol. The van der Waals surface area contributed by atoms with Crippen LogP contribution in [-0.2, 0) is 33.4 Å². The quantitative estimate of drug-likeness (QED) is 0.393. The van der Waals surface area contributed by atoms with Crippen LogP contribution in [0.1, 0.15) is 20.3 Å². The van der Waals surface area contributed by atoms with Gasteiger partial charge in [-0.05, 0) is 6.08 Å². The zero-order chi connectivity index (χ0) is 16.7. The van der Waals surface area contributed by atoms with Crippen molar-refractivity contribution in [2.75, 3.05) is 20.8 Å². The molecule has 1 aliphatic heterocycles. The number of carbonyl (C=O) groups is 3. The minimum Gasteiger partial charge on any atom is -0.463 e. The van der Waals surface area contributed by atoms with Gasteiger partial charge in [0.25, 0.3) is 0 Å². The SMILES string of the molecule is CON(C)C(=O)C[C@H]1C=C[C@@H](OC(C)=O)[C@@H](COC(C)=O)O1. The van der Waals surface area contributed by atoms with E-state index < -0.39 is 30.3 Å². The van der Waals surface area contributed by atoms with Gasteiger partial charge in [0, 0.05) is 20.9 Å². The van der Waals surface area contributed by atoms with Gasteiger partial charge in [-0.2, -0.15) is 0 Å². The van der Waals surface area contributed by atoms with Crippen molar-refractivity contribution in [3.05, 3.63) is 12.2 Å². The van der Waals surface area contributed by atoms with Crippen molar-refractivity contribution in [3.63, 3.8) is 0 Å². The van der Waals surface area contributed by atoms with Crippen LogP contribution in [0, 0.1) is 0 Å². The fraction of sp³-hybridized carbons (Fsp3) is 0.643. The van der Waals surface area contributed by atoms with Gasteiger partial charge in [0.05, 0.1) is 19.6 Å². The standard InChI is InChI=1S/C14H21NO7/c1-9(16)20-8-13-12(21-10(2)17)6-5-11(22-13)7-14(18)15(3)19-4/h5-6,11-13H,7-8H2,1-4H3/t11-,12-,13-/m1/s1. The van der Waals surface area contributed by atoms with Gasteiger partial charge in [-0.15, -0.1) is 0 Å². The highest BCUT2D eigenvalue weighted by atomic mass is 16.7. The molecule has 0 aliphatic carbocycles. The van der Waals surface area contributed by atoms with E-state index in [1.165, 1.54) is 28.0 Å². The van der Waals surface area contributed by atoms with E-state index in [0.717, 1.165) is 5.06 Å². The Bertz CT molecular complexity index is 448. The van der Waals surface area contributed by atoms with Gasteiger partial charge in [0.15, 0.2) is 0 Å². The monoisotopic (exact) mass is 315 g/mol. The summed E-state index contributed by atoms with van der Waals surface area (Å²) in [5, 5.41) is 1.09. The summed E-state index contributed by atoms with van der Waals surface area (Å²) in [5.74, 6) is -1.21. The second kappa shape index (κ2) is 8.50. The molecule has 0 radical (unpaired) electrons. The molecule has 0 aromatic carbocycles. The molecule has 1 heterocycles. The van der Waals surface area contributed by atoms with Crippen molar-refractivity contribution in [2.24, 2.45) is 0 Å². The van der Waals surface area contributed by atoms with Crippen LogP contribution in [0.15, 0.2) is 12.2 Å². The van der Waals surface area contributed by atoms with Gasteiger partial charge in [0.2, 0.25) is 5.91 Å². The molecule has 3 atom stereocenters. The first-order valence-corrected chi connectivity index (χ1v) is 6.78. The molecule has 0 N–H and O–H groups in total. The van der Waals surface area contributed by atoms with E-state index >= 15 is 0 Å². The molecule has 1 rings (SSSR count). The minimum atomic E-state index is -0.664. The van der Waals surface area contributed by atoms with Gasteiger partial charge in [-0.3, -0.25) is 19.2 Å². The van der Waals surface area contributed by atoms with Crippen LogP contribution in [0.5, 0.6) is 0 Å². The summed E-state index contributed by atoms with van der Waals surface area (Å²) in [4.78, 5) is 38.6. The number of carbonyl (C=O) groups excluding carboxylic acids is 3. The summed E-state index contributed by atoms with van der Waals surface area (Å²) in [6.45, 7) is 2.48. The molecule has 8 nitrogen and oxygen atoms in total. The normalized spacial score (nSPS) is 23.7. The topological polar surface area (TPSA) is 91.4 Å². The Kier molecular flexibility index (Phi) is 7.00. The number of nitrogens with zero attached hydrogens (tertiary/aromatic N) is 1. The van der Waals surface area contributed by atoms with E-state index in [-0.39, 0.29) is 18.9 Å². The molecule has 0 saturated heterocycles. The molecule has 0 aromatic rings. The van der Waals surface area contributed by atoms with Gasteiger partial charge >= 0.3 is 11.9 Å². The van der Waals surface area contributed by atoms with E-state index in [9.17, 15) is 14.4 Å². The van der Waals surface area contributed by atoms with Gasteiger partial charge in [-0.1, -0.05) is 6.08 Å². The van der Waals surface area contributed by atoms with E-state index in [2.05, 4.69) is 0 Å². The van der Waals surface area contributed by atoms with Crippen LogP contribution in [0.3, 0.4) is 0 Å². The minimum absolute atomic E-state index is 0.0597. The number of esters is 2. The Morgan fingerprint density at radius 3 is 2.41 bits per heavy atom. The van der Waals surface area contributed by atoms with Crippen LogP contribution >= 0.6 is 0 Å². The predicted molar refractivity (Wildman–Crippen MR) is 74.4 cm³/mol. The van der Waals surface area contributed by atoms with Gasteiger partial charge in [0.1, 0.15) is 18.8 Å². The molecule has 1 amide bonds. The summed E-state index contributed by atoms with van der Waals surface area (Å²) < 4.78 is 15.7. The van der Waals surface area contributed by atoms with E-state index in [4.69, 9.17) is 19.0 Å². The fourth-order valence-corrected chi connectivity index (χ4v) is 1.86. The first-order chi connectivity index (χ1) is 10.3. The highest BCUT2D eigenvalue weighted by Crippen LogP contribution is 2.19. The Labute approximate surface area is 128 Å². The summed E-state index contributed by atoms with van der Waals surface area (Å²) >= 11 is 0. The van der Waals surface area contributed by atoms with Crippen molar-refractivity contribution in [1.29, 1.82) is 0 Å². The average Bonchev–Trinajstić information content (AvgIpc) is 2.45. The second-order valence-electron chi connectivity index (χ2n) is 4.75. The lowest BCUT2D eigenvalue weighted by Gasteiger charge is -2.31. The Hall–Kier alpha value is -1.93. The first-order valence-electron chi connectivity index (χ1n) is 6.78. The van der Waals surface area contributed by atoms with Crippen molar-refractivity contribution in [3.8, 4) is 0 Å². The number of ether oxygens (including phenoxy) is 3. The van der Waals surface area contributed by atoms with E-state index in [1.807, 2.05) is 0 Å². The third-order valence-corrected chi connectivity index (χ3v) is 2.99. The van der Waals surface area contributed by atoms with Crippen LogP contribution in [0.25, 0.3) is 0 Å². The third-order valence-electron chi connectivity index (χ3n) is 2.99. The summed E-state index contributed by atoms with van der Waals surface area (Å²) in [6, 6.07) is 0. The van der Waals surface area contributed by atoms with Gasteiger partial charge < -0.3 is 14.2 Å². The molecule has 8 heteroatoms. The molecule has 124 valence electrons. The maximum absolute atomic E-state index is 11.8. The molecule has 1 aliphatic rings. The maximum Gasteiger partial charge on any atom is 0.303 e. The van der Waals surface area contributed by atoms with E-state index in [0.29, 0.717) is 0 Å². The smallest absolute Gasteiger partial charge is 0.303 e. The van der Waals surface area contributed by atoms with Crippen LogP contribution in [0.2, 0.25) is 0 Å². The lowest BCUT2D eigenvalue weighted by atomic mass is 10.1. The number of hydrogen-bond acceptors (Lipinski definition) is 7. The molecule has 0 spiro atoms. The summed E-state index contributed by atoms with van der Waals surface area (Å²) in [6.07, 6.45) is 1.48. The largest absolute Gasteiger partial charge is 0.463 e. The molecule has 0 unspecified atom stereocenters. The lowest BCUT2D eigenvalue weighted by Crippen LogP contribution is -2.42. The summed E-state index contributed by atoms with van der Waals surface area (Å²) in [5.41, 5.74) is 0. The first kappa shape index (κ1) is 18.1. The van der Waals surface area contributed by atoms with Crippen molar-refractivity contribution >= 4 is 17.8 Å². The van der Waals surface area contributed by atoms with E-state index in [1.54, 1.807) is 12.2 Å². The number of hydrogen-bond donors (Lipinski definition) is 0. The molecule has 22 heavy (non-hydrogen) atoms. The molecule has 0 fully saturated rings. The molecule has 0 bridgehead atoms. The molecular weight excluding hydrogens is 294 g/mol. The number of hydroxylamine groups is 2. The second-order valence-corrected chi connectivity index (χ2v) is 4.75. The predicted octanol–water partition coefficient (Wildman–Crippen LogP) is 0.215. The zero-order valence-corrected chi connectivity index (χ0v) is 13.1. The van der Waals surface area contributed by atoms with Crippen LogP contribution in [-0.4, -0.2) is 62.0 Å². The molecular formula is C14H21NO7. The molecule has 0 aromatic heterocycles. The number of amides is 1. The van der Waals surface area contributed by atoms with Crippen LogP contribution in [0.4, 0.5) is 0 Å². The van der Waals surface area contributed by atoms with Crippen LogP contribution < -0.4 is 0 Å². The van der Waals surface area contributed by atoms with Crippen molar-refractivity contribution in [1.82, 2.24) is 5.06 Å². The summed E-state index contributed by atoms with van der Waals surface area (Å²) in [7, 11) is 2.88. The van der Waals surface area contributed by atoms with Crippen molar-refractivity contribution < 1.29 is 33.4 Å². The van der Waals surface area contributed by atoms with Gasteiger partial charge in [-0.25, -0.2) is 5.06 Å². The Morgan fingerprint density at radius 1 is 1.18 bits per heavy atom.